The van der Waals surface area contributed by atoms with Crippen molar-refractivity contribution in [1.29, 1.82) is 0 Å². The van der Waals surface area contributed by atoms with Crippen molar-refractivity contribution in [2.45, 2.75) is 44.8 Å². The van der Waals surface area contributed by atoms with E-state index in [9.17, 15) is 14.0 Å². The van der Waals surface area contributed by atoms with Gasteiger partial charge in [0.25, 0.3) is 0 Å². The van der Waals surface area contributed by atoms with Gasteiger partial charge < -0.3 is 19.9 Å². The van der Waals surface area contributed by atoms with Crippen molar-refractivity contribution in [3.63, 3.8) is 0 Å². The number of hydrogen-bond donors (Lipinski definition) is 1. The third-order valence-electron chi connectivity index (χ3n) is 6.04. The largest absolute Gasteiger partial charge is 0.487 e. The van der Waals surface area contributed by atoms with Crippen LogP contribution in [0.5, 0.6) is 5.75 Å². The molecule has 2 heterocycles. The Morgan fingerprint density at radius 3 is 2.69 bits per heavy atom. The molecule has 0 spiro atoms. The van der Waals surface area contributed by atoms with Crippen LogP contribution in [0.1, 0.15) is 32.6 Å². The summed E-state index contributed by atoms with van der Waals surface area (Å²) in [5, 5.41) is 3.26. The highest BCUT2D eigenvalue weighted by atomic mass is 35.5. The van der Waals surface area contributed by atoms with Crippen LogP contribution in [0.4, 0.5) is 15.8 Å². The molecular formula is C24H27ClFN3O3. The second-order valence-corrected chi connectivity index (χ2v) is 8.69. The van der Waals surface area contributed by atoms with Gasteiger partial charge in [-0.15, -0.1) is 0 Å². The third-order valence-corrected chi connectivity index (χ3v) is 6.34. The molecule has 2 saturated heterocycles. The topological polar surface area (TPSA) is 61.9 Å². The maximum absolute atomic E-state index is 14.1. The summed E-state index contributed by atoms with van der Waals surface area (Å²) in [6, 6.07) is 11.4. The number of benzene rings is 2. The fourth-order valence-electron chi connectivity index (χ4n) is 4.41. The molecule has 170 valence electrons. The van der Waals surface area contributed by atoms with Gasteiger partial charge in [0.15, 0.2) is 0 Å². The number of ether oxygens (including phenoxy) is 1. The molecule has 2 atom stereocenters. The van der Waals surface area contributed by atoms with Gasteiger partial charge >= 0.3 is 0 Å². The molecule has 0 aliphatic carbocycles. The van der Waals surface area contributed by atoms with Crippen molar-refractivity contribution in [3.05, 3.63) is 53.3 Å². The van der Waals surface area contributed by atoms with Crippen LogP contribution in [0, 0.1) is 5.82 Å². The number of hydrogen-bond acceptors (Lipinski definition) is 4. The smallest absolute Gasteiger partial charge is 0.247 e. The third kappa shape index (κ3) is 4.99. The van der Waals surface area contributed by atoms with Crippen LogP contribution in [0.3, 0.4) is 0 Å². The fourth-order valence-corrected chi connectivity index (χ4v) is 4.64. The summed E-state index contributed by atoms with van der Waals surface area (Å²) < 4.78 is 20.1. The number of amides is 2. The second kappa shape index (κ2) is 9.77. The molecule has 6 nitrogen and oxygen atoms in total. The van der Waals surface area contributed by atoms with E-state index in [0.29, 0.717) is 48.2 Å². The molecule has 2 fully saturated rings. The number of carbonyl (C=O) groups is 2. The van der Waals surface area contributed by atoms with Gasteiger partial charge in [-0.05, 0) is 49.6 Å². The second-order valence-electron chi connectivity index (χ2n) is 8.28. The van der Waals surface area contributed by atoms with E-state index in [1.54, 1.807) is 35.2 Å². The summed E-state index contributed by atoms with van der Waals surface area (Å²) in [6.45, 7) is 3.36. The maximum atomic E-state index is 14.1. The molecule has 0 aromatic heterocycles. The minimum Gasteiger partial charge on any atom is -0.487 e. The lowest BCUT2D eigenvalue weighted by Crippen LogP contribution is -2.49. The summed E-state index contributed by atoms with van der Waals surface area (Å²) in [5.74, 6) is -0.0192. The summed E-state index contributed by atoms with van der Waals surface area (Å²) in [7, 11) is 0. The molecule has 2 aliphatic heterocycles. The highest BCUT2D eigenvalue weighted by molar-refractivity contribution is 6.32. The van der Waals surface area contributed by atoms with E-state index in [1.807, 2.05) is 11.0 Å². The average Bonchev–Trinajstić information content (AvgIpc) is 3.24. The standard InChI is InChI=1S/C24H27ClFN3O3/c1-16(30)29-12-5-4-8-22(29)24(31)27-17-9-10-23(19(25)14-17)32-18-11-13-28(15-18)21-7-3-2-6-20(21)26/h2-3,6-7,9-10,14,18,22H,4-5,8,11-13,15H2,1H3,(H,27,31)/t18-,22+/m0/s1. The van der Waals surface area contributed by atoms with Crippen molar-refractivity contribution in [2.24, 2.45) is 0 Å². The molecule has 4 rings (SSSR count). The van der Waals surface area contributed by atoms with E-state index in [-0.39, 0.29) is 23.7 Å². The fraction of sp³-hybridized carbons (Fsp3) is 0.417. The van der Waals surface area contributed by atoms with Gasteiger partial charge in [0, 0.05) is 32.1 Å². The van der Waals surface area contributed by atoms with E-state index in [2.05, 4.69) is 5.32 Å². The van der Waals surface area contributed by atoms with E-state index < -0.39 is 6.04 Å². The predicted octanol–water partition coefficient (Wildman–Crippen LogP) is 4.48. The van der Waals surface area contributed by atoms with Crippen molar-refractivity contribution < 1.29 is 18.7 Å². The first-order valence-electron chi connectivity index (χ1n) is 11.0. The molecule has 0 radical (unpaired) electrons. The van der Waals surface area contributed by atoms with Gasteiger partial charge in [0.1, 0.15) is 23.7 Å². The van der Waals surface area contributed by atoms with Gasteiger partial charge in [0.2, 0.25) is 11.8 Å². The van der Waals surface area contributed by atoms with Crippen molar-refractivity contribution >= 4 is 34.8 Å². The molecule has 2 amide bonds. The first kappa shape index (κ1) is 22.4. The number of carbonyl (C=O) groups excluding carboxylic acids is 2. The lowest BCUT2D eigenvalue weighted by molar-refractivity contribution is -0.138. The number of halogens is 2. The molecule has 8 heteroatoms. The van der Waals surface area contributed by atoms with Gasteiger partial charge in [-0.2, -0.15) is 0 Å². The monoisotopic (exact) mass is 459 g/mol. The van der Waals surface area contributed by atoms with E-state index in [0.717, 1.165) is 19.3 Å². The van der Waals surface area contributed by atoms with Crippen LogP contribution < -0.4 is 15.0 Å². The molecule has 32 heavy (non-hydrogen) atoms. The predicted molar refractivity (Wildman–Crippen MR) is 123 cm³/mol. The van der Waals surface area contributed by atoms with E-state index in [1.165, 1.54) is 13.0 Å². The first-order valence-corrected chi connectivity index (χ1v) is 11.3. The number of nitrogens with one attached hydrogen (secondary N) is 1. The summed E-state index contributed by atoms with van der Waals surface area (Å²) in [6.07, 6.45) is 3.13. The lowest BCUT2D eigenvalue weighted by atomic mass is 10.0. The van der Waals surface area contributed by atoms with E-state index in [4.69, 9.17) is 16.3 Å². The molecule has 2 aromatic rings. The number of nitrogens with zero attached hydrogens (tertiary/aromatic N) is 2. The Kier molecular flexibility index (Phi) is 6.84. The SMILES string of the molecule is CC(=O)N1CCCC[C@@H]1C(=O)Nc1ccc(O[C@H]2CCN(c3ccccc3F)C2)c(Cl)c1. The number of anilines is 2. The Morgan fingerprint density at radius 2 is 1.94 bits per heavy atom. The Morgan fingerprint density at radius 1 is 1.12 bits per heavy atom. The molecule has 2 aromatic carbocycles. The molecule has 0 saturated carbocycles. The number of para-hydroxylation sites is 1. The first-order chi connectivity index (χ1) is 15.4. The zero-order valence-electron chi connectivity index (χ0n) is 18.0. The molecule has 1 N–H and O–H groups in total. The highest BCUT2D eigenvalue weighted by Crippen LogP contribution is 2.32. The summed E-state index contributed by atoms with van der Waals surface area (Å²) in [5.41, 5.74) is 1.13. The number of rotatable bonds is 5. The Bertz CT molecular complexity index is 1000. The Labute approximate surface area is 192 Å². The van der Waals surface area contributed by atoms with Crippen molar-refractivity contribution in [3.8, 4) is 5.75 Å². The van der Waals surface area contributed by atoms with Gasteiger partial charge in [-0.3, -0.25) is 9.59 Å². The maximum Gasteiger partial charge on any atom is 0.247 e. The van der Waals surface area contributed by atoms with Crippen molar-refractivity contribution in [2.75, 3.05) is 29.9 Å². The average molecular weight is 460 g/mol. The summed E-state index contributed by atoms with van der Waals surface area (Å²) in [4.78, 5) is 28.2. The van der Waals surface area contributed by atoms with Crippen LogP contribution >= 0.6 is 11.6 Å². The molecular weight excluding hydrogens is 433 g/mol. The van der Waals surface area contributed by atoms with Crippen LogP contribution in [-0.4, -0.2) is 48.5 Å². The van der Waals surface area contributed by atoms with Crippen molar-refractivity contribution in [1.82, 2.24) is 4.90 Å². The van der Waals surface area contributed by atoms with Gasteiger partial charge in [-0.25, -0.2) is 4.39 Å². The summed E-state index contributed by atoms with van der Waals surface area (Å²) >= 11 is 6.42. The normalized spacial score (nSPS) is 20.8. The zero-order valence-corrected chi connectivity index (χ0v) is 18.8. The van der Waals surface area contributed by atoms with Crippen LogP contribution in [0.25, 0.3) is 0 Å². The van der Waals surface area contributed by atoms with Crippen LogP contribution in [0.15, 0.2) is 42.5 Å². The highest BCUT2D eigenvalue weighted by Gasteiger charge is 2.30. The Hall–Kier alpha value is -2.80. The van der Waals surface area contributed by atoms with Gasteiger partial charge in [0.05, 0.1) is 17.3 Å². The van der Waals surface area contributed by atoms with E-state index >= 15 is 0 Å². The van der Waals surface area contributed by atoms with Crippen LogP contribution in [0.2, 0.25) is 5.02 Å². The molecule has 2 aliphatic rings. The minimum absolute atomic E-state index is 0.0902. The molecule has 0 bridgehead atoms. The minimum atomic E-state index is -0.459. The molecule has 0 unspecified atom stereocenters. The lowest BCUT2D eigenvalue weighted by Gasteiger charge is -2.33. The Balaban J connectivity index is 1.37. The van der Waals surface area contributed by atoms with Crippen LogP contribution in [-0.2, 0) is 9.59 Å². The van der Waals surface area contributed by atoms with Gasteiger partial charge in [-0.1, -0.05) is 23.7 Å². The quantitative estimate of drug-likeness (QED) is 0.716. The number of piperidine rings is 1. The zero-order chi connectivity index (χ0) is 22.7. The number of likely N-dealkylation sites (tertiary alicyclic amines) is 1.